The molecule has 0 aliphatic heterocycles. The molecule has 2 aliphatic carbocycles. The van der Waals surface area contributed by atoms with E-state index in [1.807, 2.05) is 0 Å². The zero-order valence-electron chi connectivity index (χ0n) is 11.6. The molecule has 2 rings (SSSR count). The molecule has 0 amide bonds. The van der Waals surface area contributed by atoms with Crippen molar-refractivity contribution in [1.82, 2.24) is 0 Å². The van der Waals surface area contributed by atoms with Crippen LogP contribution in [-0.4, -0.2) is 18.8 Å². The maximum absolute atomic E-state index is 6.35. The average Bonchev–Trinajstić information content (AvgIpc) is 2.32. The maximum atomic E-state index is 6.35. The molecule has 2 atom stereocenters. The van der Waals surface area contributed by atoms with Crippen molar-refractivity contribution in [2.45, 2.75) is 77.4 Å². The van der Waals surface area contributed by atoms with Crippen molar-refractivity contribution in [3.8, 4) is 0 Å². The fraction of sp³-hybridized carbons (Fsp3) is 1.00. The van der Waals surface area contributed by atoms with Crippen LogP contribution in [0.15, 0.2) is 0 Å². The van der Waals surface area contributed by atoms with Crippen LogP contribution in [0.25, 0.3) is 0 Å². The number of rotatable bonds is 3. The number of hydrogen-bond acceptors (Lipinski definition) is 2. The fourth-order valence-electron chi connectivity index (χ4n) is 3.41. The van der Waals surface area contributed by atoms with Crippen LogP contribution in [0.1, 0.15) is 65.2 Å². The molecule has 0 saturated heterocycles. The van der Waals surface area contributed by atoms with E-state index in [-0.39, 0.29) is 11.5 Å². The summed E-state index contributed by atoms with van der Waals surface area (Å²) in [7, 11) is 0. The quantitative estimate of drug-likeness (QED) is 0.818. The van der Waals surface area contributed by atoms with Gasteiger partial charge in [-0.25, -0.2) is 0 Å². The molecule has 2 unspecified atom stereocenters. The van der Waals surface area contributed by atoms with Gasteiger partial charge in [0.2, 0.25) is 0 Å². The van der Waals surface area contributed by atoms with E-state index in [4.69, 9.17) is 10.5 Å². The van der Waals surface area contributed by atoms with Crippen molar-refractivity contribution in [2.75, 3.05) is 6.61 Å². The summed E-state index contributed by atoms with van der Waals surface area (Å²) in [5.41, 5.74) is 6.61. The Morgan fingerprint density at radius 3 is 2.47 bits per heavy atom. The van der Waals surface area contributed by atoms with Gasteiger partial charge in [-0.15, -0.1) is 0 Å². The van der Waals surface area contributed by atoms with Crippen LogP contribution in [0.5, 0.6) is 0 Å². The molecule has 0 aromatic carbocycles. The maximum Gasteiger partial charge on any atom is 0.0731 e. The SMILES string of the molecule is CC1(C)CCCC(OCC2CCCCC2)C1N. The predicted octanol–water partition coefficient (Wildman–Crippen LogP) is 3.49. The van der Waals surface area contributed by atoms with Gasteiger partial charge in [0.15, 0.2) is 0 Å². The van der Waals surface area contributed by atoms with Crippen LogP contribution < -0.4 is 5.73 Å². The van der Waals surface area contributed by atoms with E-state index in [1.54, 1.807) is 0 Å². The summed E-state index contributed by atoms with van der Waals surface area (Å²) >= 11 is 0. The highest BCUT2D eigenvalue weighted by molar-refractivity contribution is 4.92. The first-order chi connectivity index (χ1) is 8.09. The fourth-order valence-corrected chi connectivity index (χ4v) is 3.41. The second-order valence-corrected chi connectivity index (χ2v) is 6.78. The minimum absolute atomic E-state index is 0.222. The van der Waals surface area contributed by atoms with Gasteiger partial charge in [0, 0.05) is 12.6 Å². The third-order valence-corrected chi connectivity index (χ3v) is 4.88. The van der Waals surface area contributed by atoms with Gasteiger partial charge in [-0.1, -0.05) is 39.5 Å². The molecule has 17 heavy (non-hydrogen) atoms. The van der Waals surface area contributed by atoms with Crippen LogP contribution in [0.4, 0.5) is 0 Å². The van der Waals surface area contributed by atoms with Gasteiger partial charge in [0.1, 0.15) is 0 Å². The third-order valence-electron chi connectivity index (χ3n) is 4.88. The molecule has 0 bridgehead atoms. The standard InChI is InChI=1S/C15H29NO/c1-15(2)10-6-9-13(14(15)16)17-11-12-7-4-3-5-8-12/h12-14H,3-11,16H2,1-2H3. The topological polar surface area (TPSA) is 35.2 Å². The average molecular weight is 239 g/mol. The summed E-state index contributed by atoms with van der Waals surface area (Å²) in [6.07, 6.45) is 10.9. The number of nitrogens with two attached hydrogens (primary N) is 1. The van der Waals surface area contributed by atoms with E-state index in [1.165, 1.54) is 44.9 Å². The Hall–Kier alpha value is -0.0800. The smallest absolute Gasteiger partial charge is 0.0731 e. The second kappa shape index (κ2) is 5.71. The van der Waals surface area contributed by atoms with E-state index < -0.39 is 0 Å². The van der Waals surface area contributed by atoms with E-state index >= 15 is 0 Å². The van der Waals surface area contributed by atoms with Gasteiger partial charge in [-0.3, -0.25) is 0 Å². The Bertz CT molecular complexity index is 233. The zero-order valence-corrected chi connectivity index (χ0v) is 11.6. The molecule has 100 valence electrons. The number of ether oxygens (including phenoxy) is 1. The van der Waals surface area contributed by atoms with E-state index in [0.29, 0.717) is 6.10 Å². The molecule has 2 fully saturated rings. The largest absolute Gasteiger partial charge is 0.376 e. The molecule has 2 aliphatic rings. The molecule has 2 saturated carbocycles. The van der Waals surface area contributed by atoms with Crippen molar-refractivity contribution in [3.05, 3.63) is 0 Å². The Morgan fingerprint density at radius 2 is 1.76 bits per heavy atom. The van der Waals surface area contributed by atoms with E-state index in [0.717, 1.165) is 18.9 Å². The van der Waals surface area contributed by atoms with Crippen molar-refractivity contribution in [1.29, 1.82) is 0 Å². The minimum Gasteiger partial charge on any atom is -0.376 e. The lowest BCUT2D eigenvalue weighted by atomic mass is 9.72. The molecule has 0 aromatic rings. The lowest BCUT2D eigenvalue weighted by Gasteiger charge is -2.42. The molecule has 0 aromatic heterocycles. The molecule has 2 nitrogen and oxygen atoms in total. The zero-order chi connectivity index (χ0) is 12.3. The van der Waals surface area contributed by atoms with Gasteiger partial charge >= 0.3 is 0 Å². The van der Waals surface area contributed by atoms with Crippen molar-refractivity contribution in [2.24, 2.45) is 17.1 Å². The second-order valence-electron chi connectivity index (χ2n) is 6.78. The lowest BCUT2D eigenvalue weighted by molar-refractivity contribution is -0.0418. The number of hydrogen-bond donors (Lipinski definition) is 1. The molecule has 2 N–H and O–H groups in total. The Morgan fingerprint density at radius 1 is 1.06 bits per heavy atom. The van der Waals surface area contributed by atoms with Gasteiger partial charge < -0.3 is 10.5 Å². The van der Waals surface area contributed by atoms with Gasteiger partial charge in [0.05, 0.1) is 6.10 Å². The molecule has 0 heterocycles. The Kier molecular flexibility index (Phi) is 4.48. The van der Waals surface area contributed by atoms with Crippen LogP contribution in [0.3, 0.4) is 0 Å². The molecule has 2 heteroatoms. The normalized spacial score (nSPS) is 34.8. The van der Waals surface area contributed by atoms with Gasteiger partial charge in [-0.05, 0) is 37.0 Å². The molecular weight excluding hydrogens is 210 g/mol. The highest BCUT2D eigenvalue weighted by Crippen LogP contribution is 2.36. The first-order valence-corrected chi connectivity index (χ1v) is 7.47. The minimum atomic E-state index is 0.222. The molecule has 0 spiro atoms. The van der Waals surface area contributed by atoms with Crippen molar-refractivity contribution < 1.29 is 4.74 Å². The summed E-state index contributed by atoms with van der Waals surface area (Å²) in [6, 6.07) is 0.222. The molecular formula is C15H29NO. The Labute approximate surface area is 106 Å². The molecule has 0 radical (unpaired) electrons. The monoisotopic (exact) mass is 239 g/mol. The van der Waals surface area contributed by atoms with Gasteiger partial charge in [0.25, 0.3) is 0 Å². The highest BCUT2D eigenvalue weighted by Gasteiger charge is 2.37. The van der Waals surface area contributed by atoms with Crippen molar-refractivity contribution in [3.63, 3.8) is 0 Å². The van der Waals surface area contributed by atoms with Crippen LogP contribution in [0, 0.1) is 11.3 Å². The van der Waals surface area contributed by atoms with Crippen LogP contribution >= 0.6 is 0 Å². The lowest BCUT2D eigenvalue weighted by Crippen LogP contribution is -2.51. The summed E-state index contributed by atoms with van der Waals surface area (Å²) < 4.78 is 6.15. The summed E-state index contributed by atoms with van der Waals surface area (Å²) in [5, 5.41) is 0. The summed E-state index contributed by atoms with van der Waals surface area (Å²) in [4.78, 5) is 0. The first kappa shape index (κ1) is 13.4. The van der Waals surface area contributed by atoms with Gasteiger partial charge in [-0.2, -0.15) is 0 Å². The van der Waals surface area contributed by atoms with Crippen LogP contribution in [0.2, 0.25) is 0 Å². The Balaban J connectivity index is 1.77. The predicted molar refractivity (Wildman–Crippen MR) is 71.9 cm³/mol. The summed E-state index contributed by atoms with van der Waals surface area (Å²) in [5.74, 6) is 0.806. The van der Waals surface area contributed by atoms with E-state index in [9.17, 15) is 0 Å². The van der Waals surface area contributed by atoms with E-state index in [2.05, 4.69) is 13.8 Å². The third kappa shape index (κ3) is 3.45. The van der Waals surface area contributed by atoms with Crippen molar-refractivity contribution >= 4 is 0 Å². The first-order valence-electron chi connectivity index (χ1n) is 7.47. The summed E-state index contributed by atoms with van der Waals surface area (Å²) in [6.45, 7) is 5.52. The van der Waals surface area contributed by atoms with Crippen LogP contribution in [-0.2, 0) is 4.74 Å². The highest BCUT2D eigenvalue weighted by atomic mass is 16.5.